The molecule has 0 aromatic rings. The van der Waals surface area contributed by atoms with E-state index >= 15 is 0 Å². The molecule has 0 spiro atoms. The van der Waals surface area contributed by atoms with Crippen LogP contribution in [-0.4, -0.2) is 19.9 Å². The largest absolute Gasteiger partial charge is 0.379 e. The first kappa shape index (κ1) is 7.89. The van der Waals surface area contributed by atoms with Gasteiger partial charge >= 0.3 is 0 Å². The van der Waals surface area contributed by atoms with Crippen LogP contribution in [0.5, 0.6) is 0 Å². The fourth-order valence-electron chi connectivity index (χ4n) is 0.580. The molecule has 0 aromatic carbocycles. The molecule has 8 heavy (non-hydrogen) atoms. The Hall–Kier alpha value is -0.110. The van der Waals surface area contributed by atoms with E-state index in [1.165, 1.54) is 0 Å². The van der Waals surface area contributed by atoms with Crippen molar-refractivity contribution in [1.29, 1.82) is 0 Å². The molecule has 0 radical (unpaired) electrons. The zero-order chi connectivity index (χ0) is 6.41. The van der Waals surface area contributed by atoms with Crippen molar-refractivity contribution in [1.82, 2.24) is 0 Å². The Bertz CT molecular complexity index is 43.8. The Morgan fingerprint density at radius 1 is 1.62 bits per heavy atom. The second kappa shape index (κ2) is 5.04. The van der Waals surface area contributed by atoms with Crippen molar-refractivity contribution < 1.29 is 9.13 Å². The van der Waals surface area contributed by atoms with E-state index in [9.17, 15) is 4.39 Å². The number of rotatable bonds is 4. The minimum atomic E-state index is -0.357. The van der Waals surface area contributed by atoms with Gasteiger partial charge in [0.15, 0.2) is 0 Å². The number of methoxy groups -OCH3 is 1. The average Bonchev–Trinajstić information content (AvgIpc) is 1.83. The van der Waals surface area contributed by atoms with E-state index in [1.807, 2.05) is 6.92 Å². The SMILES string of the molecule is CCCC(CF)OC. The van der Waals surface area contributed by atoms with Gasteiger partial charge in [-0.2, -0.15) is 0 Å². The molecule has 1 nitrogen and oxygen atoms in total. The second-order valence-electron chi connectivity index (χ2n) is 1.80. The lowest BCUT2D eigenvalue weighted by Crippen LogP contribution is -2.11. The summed E-state index contributed by atoms with van der Waals surface area (Å²) < 4.78 is 16.5. The van der Waals surface area contributed by atoms with E-state index in [0.29, 0.717) is 0 Å². The molecule has 0 heterocycles. The molecule has 0 saturated carbocycles. The van der Waals surface area contributed by atoms with Crippen LogP contribution in [0.4, 0.5) is 4.39 Å². The minimum Gasteiger partial charge on any atom is -0.379 e. The summed E-state index contributed by atoms with van der Waals surface area (Å²) in [5.74, 6) is 0. The summed E-state index contributed by atoms with van der Waals surface area (Å²) in [6.45, 7) is 1.66. The highest BCUT2D eigenvalue weighted by Gasteiger charge is 2.02. The molecule has 2 heteroatoms. The van der Waals surface area contributed by atoms with Crippen LogP contribution in [0.2, 0.25) is 0 Å². The second-order valence-corrected chi connectivity index (χ2v) is 1.80. The van der Waals surface area contributed by atoms with Crippen LogP contribution in [0.1, 0.15) is 19.8 Å². The summed E-state index contributed by atoms with van der Waals surface area (Å²) in [7, 11) is 1.54. The number of hydrogen-bond donors (Lipinski definition) is 0. The first-order chi connectivity index (χ1) is 3.85. The molecule has 50 valence electrons. The van der Waals surface area contributed by atoms with Gasteiger partial charge in [-0.25, -0.2) is 4.39 Å². The normalized spacial score (nSPS) is 13.9. The van der Waals surface area contributed by atoms with Crippen LogP contribution in [0, 0.1) is 0 Å². The summed E-state index contributed by atoms with van der Waals surface area (Å²) in [6, 6.07) is 0. The van der Waals surface area contributed by atoms with Crippen molar-refractivity contribution in [2.75, 3.05) is 13.8 Å². The van der Waals surface area contributed by atoms with Crippen LogP contribution in [0.3, 0.4) is 0 Å². The topological polar surface area (TPSA) is 9.23 Å². The first-order valence-corrected chi connectivity index (χ1v) is 2.93. The molecule has 0 N–H and O–H groups in total. The third-order valence-corrected chi connectivity index (χ3v) is 1.12. The molecular formula is C6H13FO. The highest BCUT2D eigenvalue weighted by atomic mass is 19.1. The van der Waals surface area contributed by atoms with Gasteiger partial charge in [-0.1, -0.05) is 13.3 Å². The van der Waals surface area contributed by atoms with Crippen molar-refractivity contribution in [2.45, 2.75) is 25.9 Å². The van der Waals surface area contributed by atoms with Gasteiger partial charge in [0.1, 0.15) is 6.67 Å². The molecule has 0 rings (SSSR count). The molecule has 0 aromatic heterocycles. The van der Waals surface area contributed by atoms with Crippen molar-refractivity contribution >= 4 is 0 Å². The maximum Gasteiger partial charge on any atom is 0.116 e. The molecular weight excluding hydrogens is 107 g/mol. The number of halogens is 1. The fraction of sp³-hybridized carbons (Fsp3) is 1.00. The molecule has 1 unspecified atom stereocenters. The van der Waals surface area contributed by atoms with Crippen molar-refractivity contribution in [3.05, 3.63) is 0 Å². The number of hydrogen-bond acceptors (Lipinski definition) is 1. The van der Waals surface area contributed by atoms with E-state index in [0.717, 1.165) is 12.8 Å². The monoisotopic (exact) mass is 120 g/mol. The maximum atomic E-state index is 11.7. The predicted molar refractivity (Wildman–Crippen MR) is 31.7 cm³/mol. The summed E-state index contributed by atoms with van der Waals surface area (Å²) in [5, 5.41) is 0. The van der Waals surface area contributed by atoms with Crippen LogP contribution in [0.15, 0.2) is 0 Å². The van der Waals surface area contributed by atoms with E-state index < -0.39 is 0 Å². The van der Waals surface area contributed by atoms with E-state index in [-0.39, 0.29) is 12.8 Å². The summed E-state index contributed by atoms with van der Waals surface area (Å²) in [5.41, 5.74) is 0. The van der Waals surface area contributed by atoms with Gasteiger partial charge < -0.3 is 4.74 Å². The molecule has 0 fully saturated rings. The van der Waals surface area contributed by atoms with Crippen LogP contribution >= 0.6 is 0 Å². The molecule has 0 aliphatic heterocycles. The van der Waals surface area contributed by atoms with Gasteiger partial charge in [0.05, 0.1) is 6.10 Å². The summed E-state index contributed by atoms with van der Waals surface area (Å²) in [6.07, 6.45) is 1.65. The zero-order valence-corrected chi connectivity index (χ0v) is 5.48. The maximum absolute atomic E-state index is 11.7. The van der Waals surface area contributed by atoms with Crippen molar-refractivity contribution in [2.24, 2.45) is 0 Å². The smallest absolute Gasteiger partial charge is 0.116 e. The Balaban J connectivity index is 3.07. The van der Waals surface area contributed by atoms with Crippen LogP contribution < -0.4 is 0 Å². The van der Waals surface area contributed by atoms with Crippen molar-refractivity contribution in [3.8, 4) is 0 Å². The fourth-order valence-corrected chi connectivity index (χ4v) is 0.580. The van der Waals surface area contributed by atoms with Gasteiger partial charge in [-0.05, 0) is 6.42 Å². The quantitative estimate of drug-likeness (QED) is 0.549. The third-order valence-electron chi connectivity index (χ3n) is 1.12. The number of ether oxygens (including phenoxy) is 1. The third kappa shape index (κ3) is 2.97. The molecule has 1 atom stereocenters. The molecule has 0 saturated heterocycles. The Morgan fingerprint density at radius 2 is 2.25 bits per heavy atom. The highest BCUT2D eigenvalue weighted by molar-refractivity contribution is 4.51. The lowest BCUT2D eigenvalue weighted by molar-refractivity contribution is 0.0721. The Labute approximate surface area is 49.8 Å². The minimum absolute atomic E-state index is 0.167. The lowest BCUT2D eigenvalue weighted by Gasteiger charge is -2.07. The van der Waals surface area contributed by atoms with Gasteiger partial charge in [0, 0.05) is 7.11 Å². The highest BCUT2D eigenvalue weighted by Crippen LogP contribution is 1.99. The number of alkyl halides is 1. The summed E-state index contributed by atoms with van der Waals surface area (Å²) in [4.78, 5) is 0. The Morgan fingerprint density at radius 3 is 2.38 bits per heavy atom. The molecule has 0 amide bonds. The molecule has 0 aliphatic carbocycles. The van der Waals surface area contributed by atoms with Gasteiger partial charge in [0.25, 0.3) is 0 Å². The van der Waals surface area contributed by atoms with Crippen LogP contribution in [0.25, 0.3) is 0 Å². The van der Waals surface area contributed by atoms with Crippen LogP contribution in [-0.2, 0) is 4.74 Å². The summed E-state index contributed by atoms with van der Waals surface area (Å²) >= 11 is 0. The van der Waals surface area contributed by atoms with Gasteiger partial charge in [-0.15, -0.1) is 0 Å². The van der Waals surface area contributed by atoms with Crippen molar-refractivity contribution in [3.63, 3.8) is 0 Å². The average molecular weight is 120 g/mol. The van der Waals surface area contributed by atoms with E-state index in [4.69, 9.17) is 4.74 Å². The zero-order valence-electron chi connectivity index (χ0n) is 5.48. The first-order valence-electron chi connectivity index (χ1n) is 2.93. The predicted octanol–water partition coefficient (Wildman–Crippen LogP) is 1.77. The van der Waals surface area contributed by atoms with Gasteiger partial charge in [0.2, 0.25) is 0 Å². The van der Waals surface area contributed by atoms with E-state index in [2.05, 4.69) is 0 Å². The Kier molecular flexibility index (Phi) is 4.97. The molecule has 0 aliphatic rings. The van der Waals surface area contributed by atoms with E-state index in [1.54, 1.807) is 7.11 Å². The molecule has 0 bridgehead atoms. The lowest BCUT2D eigenvalue weighted by atomic mass is 10.2. The van der Waals surface area contributed by atoms with Gasteiger partial charge in [-0.3, -0.25) is 0 Å². The standard InChI is InChI=1S/C6H13FO/c1-3-4-6(5-7)8-2/h6H,3-5H2,1-2H3.